The molecule has 0 fully saturated rings. The number of nitrogen functional groups attached to an aromatic ring is 1. The molecule has 0 atom stereocenters. The number of carbonyl (C=O) groups excluding carboxylic acids is 1. The fourth-order valence-electron chi connectivity index (χ4n) is 1.38. The van der Waals surface area contributed by atoms with Gasteiger partial charge in [-0.3, -0.25) is 14.9 Å². The Morgan fingerprint density at radius 3 is 2.60 bits per heavy atom. The number of aryl methyl sites for hydroxylation is 2. The molecular weight excluding hydrogens is 194 g/mol. The summed E-state index contributed by atoms with van der Waals surface area (Å²) in [6.45, 7) is 1.95. The predicted molar refractivity (Wildman–Crippen MR) is 58.2 cm³/mol. The van der Waals surface area contributed by atoms with Crippen molar-refractivity contribution in [2.45, 2.75) is 13.3 Å². The average molecular weight is 211 g/mol. The Bertz CT molecular complexity index is 369. The van der Waals surface area contributed by atoms with Crippen molar-refractivity contribution in [3.05, 3.63) is 11.4 Å². The number of rotatable bonds is 3. The molecule has 1 aromatic rings. The minimum atomic E-state index is -0.243. The Morgan fingerprint density at radius 1 is 1.60 bits per heavy atom. The van der Waals surface area contributed by atoms with Gasteiger partial charge in [0.05, 0.1) is 11.4 Å². The normalized spacial score (nSPS) is 10.7. The largest absolute Gasteiger partial charge is 0.395 e. The highest BCUT2D eigenvalue weighted by atomic mass is 16.2. The van der Waals surface area contributed by atoms with Gasteiger partial charge in [0.2, 0.25) is 0 Å². The van der Waals surface area contributed by atoms with E-state index in [1.807, 2.05) is 6.92 Å². The zero-order chi connectivity index (χ0) is 11.6. The molecular formula is C9H17N5O. The summed E-state index contributed by atoms with van der Waals surface area (Å²) in [5.74, 6) is -0.243. The molecule has 84 valence electrons. The zero-order valence-electron chi connectivity index (χ0n) is 9.53. The van der Waals surface area contributed by atoms with E-state index >= 15 is 0 Å². The number of nitrogens with one attached hydrogen (secondary N) is 1. The van der Waals surface area contributed by atoms with Crippen LogP contribution in [-0.2, 0) is 13.5 Å². The quantitative estimate of drug-likeness (QED) is 0.677. The number of hydrogen-bond donors (Lipinski definition) is 2. The fraction of sp³-hybridized carbons (Fsp3) is 0.556. The molecule has 0 saturated carbocycles. The molecule has 0 aliphatic heterocycles. The van der Waals surface area contributed by atoms with E-state index in [9.17, 15) is 4.79 Å². The molecule has 0 spiro atoms. The first-order valence-electron chi connectivity index (χ1n) is 4.77. The summed E-state index contributed by atoms with van der Waals surface area (Å²) in [7, 11) is 5.19. The second kappa shape index (κ2) is 4.31. The lowest BCUT2D eigenvalue weighted by atomic mass is 10.2. The highest BCUT2D eigenvalue weighted by Crippen LogP contribution is 2.16. The van der Waals surface area contributed by atoms with Crippen LogP contribution < -0.4 is 11.2 Å². The second-order valence-electron chi connectivity index (χ2n) is 3.52. The topological polar surface area (TPSA) is 76.2 Å². The summed E-state index contributed by atoms with van der Waals surface area (Å²) < 4.78 is 1.51. The number of anilines is 1. The minimum Gasteiger partial charge on any atom is -0.395 e. The summed E-state index contributed by atoms with van der Waals surface area (Å²) >= 11 is 0. The average Bonchev–Trinajstić information content (AvgIpc) is 2.40. The molecule has 6 heteroatoms. The summed E-state index contributed by atoms with van der Waals surface area (Å²) in [6, 6.07) is 0. The van der Waals surface area contributed by atoms with Gasteiger partial charge in [-0.25, -0.2) is 5.01 Å². The van der Waals surface area contributed by atoms with Gasteiger partial charge in [-0.15, -0.1) is 0 Å². The maximum atomic E-state index is 11.7. The lowest BCUT2D eigenvalue weighted by Gasteiger charge is -2.11. The van der Waals surface area contributed by atoms with Crippen molar-refractivity contribution in [3.8, 4) is 0 Å². The molecule has 15 heavy (non-hydrogen) atoms. The third-order valence-corrected chi connectivity index (χ3v) is 2.04. The van der Waals surface area contributed by atoms with Crippen molar-refractivity contribution in [1.29, 1.82) is 0 Å². The van der Waals surface area contributed by atoms with Crippen LogP contribution >= 0.6 is 0 Å². The predicted octanol–water partition coefficient (Wildman–Crippen LogP) is -0.229. The van der Waals surface area contributed by atoms with E-state index in [0.29, 0.717) is 11.4 Å². The van der Waals surface area contributed by atoms with Crippen molar-refractivity contribution in [2.24, 2.45) is 7.05 Å². The molecule has 1 amide bonds. The van der Waals surface area contributed by atoms with Gasteiger partial charge >= 0.3 is 0 Å². The van der Waals surface area contributed by atoms with Crippen molar-refractivity contribution >= 4 is 11.6 Å². The first-order chi connectivity index (χ1) is 6.97. The molecule has 0 aliphatic rings. The smallest absolute Gasteiger partial charge is 0.285 e. The van der Waals surface area contributed by atoms with Gasteiger partial charge < -0.3 is 5.73 Å². The van der Waals surface area contributed by atoms with Gasteiger partial charge in [0.25, 0.3) is 5.91 Å². The first-order valence-corrected chi connectivity index (χ1v) is 4.77. The number of aromatic nitrogens is 2. The van der Waals surface area contributed by atoms with Crippen LogP contribution in [-0.4, -0.2) is 34.8 Å². The van der Waals surface area contributed by atoms with Gasteiger partial charge in [0, 0.05) is 21.1 Å². The van der Waals surface area contributed by atoms with E-state index in [1.165, 1.54) is 4.68 Å². The highest BCUT2D eigenvalue weighted by molar-refractivity contribution is 5.97. The fourth-order valence-corrected chi connectivity index (χ4v) is 1.38. The number of hydrogen-bond acceptors (Lipinski definition) is 4. The van der Waals surface area contributed by atoms with Gasteiger partial charge in [-0.2, -0.15) is 5.10 Å². The molecule has 0 unspecified atom stereocenters. The van der Waals surface area contributed by atoms with Crippen LogP contribution in [0.25, 0.3) is 0 Å². The van der Waals surface area contributed by atoms with E-state index < -0.39 is 0 Å². The summed E-state index contributed by atoms with van der Waals surface area (Å²) in [4.78, 5) is 11.7. The van der Waals surface area contributed by atoms with E-state index in [0.717, 1.165) is 12.1 Å². The van der Waals surface area contributed by atoms with Crippen molar-refractivity contribution in [1.82, 2.24) is 20.2 Å². The molecule has 6 nitrogen and oxygen atoms in total. The maximum Gasteiger partial charge on any atom is 0.285 e. The number of nitrogens with zero attached hydrogens (tertiary/aromatic N) is 3. The first kappa shape index (κ1) is 11.5. The maximum absolute atomic E-state index is 11.7. The molecule has 1 aromatic heterocycles. The lowest BCUT2D eigenvalue weighted by molar-refractivity contribution is 0.0848. The number of amides is 1. The molecule has 0 bridgehead atoms. The number of nitrogens with two attached hydrogens (primary N) is 1. The third-order valence-electron chi connectivity index (χ3n) is 2.04. The number of carbonyl (C=O) groups is 1. The van der Waals surface area contributed by atoms with Crippen LogP contribution in [0.15, 0.2) is 0 Å². The van der Waals surface area contributed by atoms with Crippen molar-refractivity contribution in [3.63, 3.8) is 0 Å². The molecule has 1 heterocycles. The Kier molecular flexibility index (Phi) is 3.31. The minimum absolute atomic E-state index is 0.243. The van der Waals surface area contributed by atoms with E-state index in [2.05, 4.69) is 10.5 Å². The van der Waals surface area contributed by atoms with Crippen LogP contribution in [0.4, 0.5) is 5.69 Å². The van der Waals surface area contributed by atoms with E-state index in [4.69, 9.17) is 5.73 Å². The van der Waals surface area contributed by atoms with Crippen LogP contribution in [0.2, 0.25) is 0 Å². The SMILES string of the molecule is CCc1nn(C)c(C(=O)NN(C)C)c1N. The van der Waals surface area contributed by atoms with Crippen LogP contribution in [0, 0.1) is 0 Å². The van der Waals surface area contributed by atoms with Gasteiger partial charge in [0.1, 0.15) is 0 Å². The molecule has 0 aromatic carbocycles. The van der Waals surface area contributed by atoms with Gasteiger partial charge in [-0.05, 0) is 6.42 Å². The Hall–Kier alpha value is -1.56. The van der Waals surface area contributed by atoms with E-state index in [-0.39, 0.29) is 5.91 Å². The number of hydrazine groups is 1. The second-order valence-corrected chi connectivity index (χ2v) is 3.52. The highest BCUT2D eigenvalue weighted by Gasteiger charge is 2.18. The molecule has 3 N–H and O–H groups in total. The third kappa shape index (κ3) is 2.27. The standard InChI is InChI=1S/C9H17N5O/c1-5-6-7(10)8(14(4)11-6)9(15)12-13(2)3/h5,10H2,1-4H3,(H,12,15). The Balaban J connectivity index is 3.03. The zero-order valence-corrected chi connectivity index (χ0v) is 9.53. The summed E-state index contributed by atoms with van der Waals surface area (Å²) in [5, 5.41) is 5.74. The van der Waals surface area contributed by atoms with Crippen LogP contribution in [0.3, 0.4) is 0 Å². The Labute approximate surface area is 89.0 Å². The summed E-state index contributed by atoms with van der Waals surface area (Å²) in [6.07, 6.45) is 0.717. The Morgan fingerprint density at radius 2 is 2.20 bits per heavy atom. The van der Waals surface area contributed by atoms with Crippen molar-refractivity contribution in [2.75, 3.05) is 19.8 Å². The van der Waals surface area contributed by atoms with Crippen LogP contribution in [0.5, 0.6) is 0 Å². The van der Waals surface area contributed by atoms with E-state index in [1.54, 1.807) is 26.2 Å². The molecule has 1 rings (SSSR count). The van der Waals surface area contributed by atoms with Crippen LogP contribution in [0.1, 0.15) is 23.1 Å². The monoisotopic (exact) mass is 211 g/mol. The summed E-state index contributed by atoms with van der Waals surface area (Å²) in [5.41, 5.74) is 10.1. The molecule has 0 aliphatic carbocycles. The van der Waals surface area contributed by atoms with Gasteiger partial charge in [0.15, 0.2) is 5.69 Å². The van der Waals surface area contributed by atoms with Crippen molar-refractivity contribution < 1.29 is 4.79 Å². The molecule has 0 radical (unpaired) electrons. The lowest BCUT2D eigenvalue weighted by Crippen LogP contribution is -2.37. The molecule has 0 saturated heterocycles. The van der Waals surface area contributed by atoms with Gasteiger partial charge in [-0.1, -0.05) is 6.92 Å².